The quantitative estimate of drug-likeness (QED) is 0.875. The van der Waals surface area contributed by atoms with Crippen LogP contribution in [-0.2, 0) is 6.42 Å². The van der Waals surface area contributed by atoms with Crippen molar-refractivity contribution < 1.29 is 0 Å². The summed E-state index contributed by atoms with van der Waals surface area (Å²) < 4.78 is 0. The number of nitrogens with zero attached hydrogens (tertiary/aromatic N) is 3. The van der Waals surface area contributed by atoms with Gasteiger partial charge in [-0.3, -0.25) is 0 Å². The molecule has 0 amide bonds. The predicted octanol–water partition coefficient (Wildman–Crippen LogP) is 2.41. The van der Waals surface area contributed by atoms with Gasteiger partial charge in [0.15, 0.2) is 0 Å². The first kappa shape index (κ1) is 13.7. The molecule has 0 aliphatic heterocycles. The van der Waals surface area contributed by atoms with E-state index in [1.54, 1.807) is 0 Å². The predicted molar refractivity (Wildman–Crippen MR) is 73.3 cm³/mol. The van der Waals surface area contributed by atoms with E-state index in [1.807, 2.05) is 13.8 Å². The Balaban J connectivity index is 3.08. The van der Waals surface area contributed by atoms with Gasteiger partial charge in [-0.05, 0) is 12.3 Å². The minimum absolute atomic E-state index is 0.229. The van der Waals surface area contributed by atoms with Gasteiger partial charge in [-0.25, -0.2) is 9.97 Å². The Morgan fingerprint density at radius 2 is 1.82 bits per heavy atom. The summed E-state index contributed by atoms with van der Waals surface area (Å²) in [7, 11) is 2.06. The Bertz CT molecular complexity index is 393. The Labute approximate surface area is 104 Å². The number of hydrogen-bond donors (Lipinski definition) is 1. The van der Waals surface area contributed by atoms with E-state index in [9.17, 15) is 0 Å². The number of nitrogens with two attached hydrogens (primary N) is 1. The van der Waals surface area contributed by atoms with E-state index >= 15 is 0 Å². The second-order valence-electron chi connectivity index (χ2n) is 5.74. The van der Waals surface area contributed by atoms with E-state index in [4.69, 9.17) is 5.73 Å². The van der Waals surface area contributed by atoms with Crippen LogP contribution in [0.5, 0.6) is 0 Å². The van der Waals surface area contributed by atoms with E-state index in [-0.39, 0.29) is 5.41 Å². The number of hydrogen-bond acceptors (Lipinski definition) is 4. The highest BCUT2D eigenvalue weighted by Crippen LogP contribution is 2.24. The van der Waals surface area contributed by atoms with Gasteiger partial charge in [0.1, 0.15) is 17.5 Å². The first-order chi connectivity index (χ1) is 7.74. The molecule has 0 bridgehead atoms. The molecule has 1 aromatic heterocycles. The molecule has 4 nitrogen and oxygen atoms in total. The molecule has 0 saturated heterocycles. The Morgan fingerprint density at radius 3 is 2.29 bits per heavy atom. The molecule has 1 rings (SSSR count). The van der Waals surface area contributed by atoms with Crippen LogP contribution >= 0.6 is 0 Å². The molecule has 0 unspecified atom stereocenters. The highest BCUT2D eigenvalue weighted by molar-refractivity contribution is 5.56. The molecule has 4 heteroatoms. The lowest BCUT2D eigenvalue weighted by molar-refractivity contribution is 0.417. The molecule has 0 aliphatic rings. The van der Waals surface area contributed by atoms with Crippen molar-refractivity contribution in [3.05, 3.63) is 11.4 Å². The molecular formula is C13H24N4. The summed E-state index contributed by atoms with van der Waals surface area (Å²) in [5.74, 6) is 2.35. The van der Waals surface area contributed by atoms with Crippen LogP contribution in [0.25, 0.3) is 0 Å². The van der Waals surface area contributed by atoms with Crippen LogP contribution in [0.3, 0.4) is 0 Å². The van der Waals surface area contributed by atoms with Crippen molar-refractivity contribution in [2.24, 2.45) is 5.41 Å². The Kier molecular flexibility index (Phi) is 3.96. The maximum Gasteiger partial charge on any atom is 0.137 e. The second-order valence-corrected chi connectivity index (χ2v) is 5.74. The number of rotatable bonds is 3. The lowest BCUT2D eigenvalue weighted by atomic mass is 9.96. The van der Waals surface area contributed by atoms with E-state index in [0.717, 1.165) is 30.2 Å². The largest absolute Gasteiger partial charge is 0.383 e. The SMILES string of the molecule is CCc1nc(N)c(C)c(N(C)CC(C)(C)C)n1. The number of nitrogen functional groups attached to an aromatic ring is 1. The number of anilines is 2. The third kappa shape index (κ3) is 3.58. The third-order valence-corrected chi connectivity index (χ3v) is 2.59. The summed E-state index contributed by atoms with van der Waals surface area (Å²) >= 11 is 0. The topological polar surface area (TPSA) is 55.0 Å². The monoisotopic (exact) mass is 236 g/mol. The van der Waals surface area contributed by atoms with Crippen molar-refractivity contribution in [2.45, 2.75) is 41.0 Å². The molecule has 0 aromatic carbocycles. The first-order valence-corrected chi connectivity index (χ1v) is 6.08. The Morgan fingerprint density at radius 1 is 1.24 bits per heavy atom. The average Bonchev–Trinajstić information content (AvgIpc) is 2.19. The van der Waals surface area contributed by atoms with Crippen LogP contribution in [0.2, 0.25) is 0 Å². The second kappa shape index (κ2) is 4.90. The smallest absolute Gasteiger partial charge is 0.137 e. The minimum atomic E-state index is 0.229. The minimum Gasteiger partial charge on any atom is -0.383 e. The molecule has 2 N–H and O–H groups in total. The van der Waals surface area contributed by atoms with Crippen molar-refractivity contribution >= 4 is 11.6 Å². The normalized spacial score (nSPS) is 11.6. The summed E-state index contributed by atoms with van der Waals surface area (Å²) in [6.07, 6.45) is 0.806. The number of aromatic nitrogens is 2. The zero-order chi connectivity index (χ0) is 13.2. The summed E-state index contributed by atoms with van der Waals surface area (Å²) in [6.45, 7) is 11.6. The van der Waals surface area contributed by atoms with Crippen molar-refractivity contribution in [3.63, 3.8) is 0 Å². The van der Waals surface area contributed by atoms with Gasteiger partial charge in [0.25, 0.3) is 0 Å². The maximum absolute atomic E-state index is 5.92. The van der Waals surface area contributed by atoms with Gasteiger partial charge >= 0.3 is 0 Å². The summed E-state index contributed by atoms with van der Waals surface area (Å²) in [5.41, 5.74) is 7.12. The van der Waals surface area contributed by atoms with E-state index in [1.165, 1.54) is 0 Å². The summed E-state index contributed by atoms with van der Waals surface area (Å²) in [4.78, 5) is 11.0. The van der Waals surface area contributed by atoms with Gasteiger partial charge in [-0.1, -0.05) is 27.7 Å². The van der Waals surface area contributed by atoms with Gasteiger partial charge in [-0.2, -0.15) is 0 Å². The molecule has 96 valence electrons. The standard InChI is InChI=1S/C13H24N4/c1-7-10-15-11(14)9(2)12(16-10)17(6)8-13(3,4)5/h7-8H2,1-6H3,(H2,14,15,16). The molecule has 0 fully saturated rings. The fourth-order valence-electron chi connectivity index (χ4n) is 1.88. The van der Waals surface area contributed by atoms with Crippen molar-refractivity contribution in [2.75, 3.05) is 24.2 Å². The van der Waals surface area contributed by atoms with Crippen LogP contribution in [-0.4, -0.2) is 23.6 Å². The first-order valence-electron chi connectivity index (χ1n) is 6.08. The third-order valence-electron chi connectivity index (χ3n) is 2.59. The van der Waals surface area contributed by atoms with E-state index in [2.05, 4.69) is 42.7 Å². The van der Waals surface area contributed by atoms with Gasteiger partial charge in [0, 0.05) is 25.6 Å². The summed E-state index contributed by atoms with van der Waals surface area (Å²) in [5, 5.41) is 0. The van der Waals surface area contributed by atoms with Gasteiger partial charge in [0.05, 0.1) is 0 Å². The van der Waals surface area contributed by atoms with Crippen LogP contribution in [0, 0.1) is 12.3 Å². The summed E-state index contributed by atoms with van der Waals surface area (Å²) in [6, 6.07) is 0. The fourth-order valence-corrected chi connectivity index (χ4v) is 1.88. The van der Waals surface area contributed by atoms with E-state index in [0.29, 0.717) is 5.82 Å². The maximum atomic E-state index is 5.92. The van der Waals surface area contributed by atoms with Crippen LogP contribution in [0.1, 0.15) is 39.1 Å². The van der Waals surface area contributed by atoms with Gasteiger partial charge in [0.2, 0.25) is 0 Å². The van der Waals surface area contributed by atoms with Crippen LogP contribution in [0.4, 0.5) is 11.6 Å². The van der Waals surface area contributed by atoms with Gasteiger partial charge < -0.3 is 10.6 Å². The molecule has 1 heterocycles. The molecule has 0 aliphatic carbocycles. The van der Waals surface area contributed by atoms with Gasteiger partial charge in [-0.15, -0.1) is 0 Å². The fraction of sp³-hybridized carbons (Fsp3) is 0.692. The highest BCUT2D eigenvalue weighted by Gasteiger charge is 2.18. The van der Waals surface area contributed by atoms with E-state index < -0.39 is 0 Å². The van der Waals surface area contributed by atoms with Crippen LogP contribution < -0.4 is 10.6 Å². The van der Waals surface area contributed by atoms with Crippen molar-refractivity contribution in [3.8, 4) is 0 Å². The van der Waals surface area contributed by atoms with Crippen molar-refractivity contribution in [1.29, 1.82) is 0 Å². The average molecular weight is 236 g/mol. The Hall–Kier alpha value is -1.32. The van der Waals surface area contributed by atoms with Crippen molar-refractivity contribution in [1.82, 2.24) is 9.97 Å². The molecule has 0 spiro atoms. The lowest BCUT2D eigenvalue weighted by Crippen LogP contribution is -2.30. The number of aryl methyl sites for hydroxylation is 1. The zero-order valence-electron chi connectivity index (χ0n) is 11.8. The lowest BCUT2D eigenvalue weighted by Gasteiger charge is -2.28. The molecule has 0 atom stereocenters. The molecule has 1 aromatic rings. The highest BCUT2D eigenvalue weighted by atomic mass is 15.2. The molecule has 0 saturated carbocycles. The molecule has 0 radical (unpaired) electrons. The zero-order valence-corrected chi connectivity index (χ0v) is 11.8. The molecular weight excluding hydrogens is 212 g/mol. The van der Waals surface area contributed by atoms with Crippen LogP contribution in [0.15, 0.2) is 0 Å². The molecule has 17 heavy (non-hydrogen) atoms.